The molecule has 1 atom stereocenters. The van der Waals surface area contributed by atoms with Crippen molar-refractivity contribution in [1.82, 2.24) is 4.90 Å². The van der Waals surface area contributed by atoms with Crippen LogP contribution in [0.4, 0.5) is 11.4 Å². The van der Waals surface area contributed by atoms with Gasteiger partial charge in [-0.3, -0.25) is 0 Å². The van der Waals surface area contributed by atoms with Crippen LogP contribution in [0.2, 0.25) is 0 Å². The quantitative estimate of drug-likeness (QED) is 0.665. The standard InChI is InChI=1S/C12H18IN3/c1-15(2)10-5-6-16(8-10)12-4-3-9(14)7-11(12)13/h3-4,7,10H,5-6,8,14H2,1-2H3. The molecule has 1 heterocycles. The predicted octanol–water partition coefficient (Wildman–Crippen LogP) is 2.01. The molecular formula is C12H18IN3. The molecule has 4 heteroatoms. The van der Waals surface area contributed by atoms with Gasteiger partial charge in [-0.15, -0.1) is 0 Å². The molecule has 3 nitrogen and oxygen atoms in total. The SMILES string of the molecule is CN(C)C1CCN(c2ccc(N)cc2I)C1. The molecule has 0 spiro atoms. The van der Waals surface area contributed by atoms with Crippen LogP contribution in [-0.2, 0) is 0 Å². The highest BCUT2D eigenvalue weighted by Gasteiger charge is 2.24. The number of rotatable bonds is 2. The van der Waals surface area contributed by atoms with Gasteiger partial charge in [0.15, 0.2) is 0 Å². The van der Waals surface area contributed by atoms with Crippen LogP contribution in [0.1, 0.15) is 6.42 Å². The molecule has 1 aliphatic heterocycles. The summed E-state index contributed by atoms with van der Waals surface area (Å²) in [5.41, 5.74) is 7.93. The topological polar surface area (TPSA) is 32.5 Å². The Kier molecular flexibility index (Phi) is 3.59. The van der Waals surface area contributed by atoms with Gasteiger partial charge in [0.2, 0.25) is 0 Å². The largest absolute Gasteiger partial charge is 0.399 e. The van der Waals surface area contributed by atoms with E-state index in [1.54, 1.807) is 0 Å². The maximum absolute atomic E-state index is 5.77. The van der Waals surface area contributed by atoms with Gasteiger partial charge in [0.25, 0.3) is 0 Å². The van der Waals surface area contributed by atoms with E-state index in [0.29, 0.717) is 6.04 Å². The monoisotopic (exact) mass is 331 g/mol. The third-order valence-corrected chi connectivity index (χ3v) is 4.07. The Labute approximate surface area is 111 Å². The van der Waals surface area contributed by atoms with Crippen LogP contribution in [0.3, 0.4) is 0 Å². The van der Waals surface area contributed by atoms with Crippen LogP contribution < -0.4 is 10.6 Å². The smallest absolute Gasteiger partial charge is 0.0503 e. The lowest BCUT2D eigenvalue weighted by Gasteiger charge is -2.22. The fourth-order valence-corrected chi connectivity index (χ4v) is 3.04. The van der Waals surface area contributed by atoms with Gasteiger partial charge < -0.3 is 15.5 Å². The van der Waals surface area contributed by atoms with Crippen LogP contribution in [0.25, 0.3) is 0 Å². The lowest BCUT2D eigenvalue weighted by Crippen LogP contribution is -2.31. The number of hydrogen-bond donors (Lipinski definition) is 1. The van der Waals surface area contributed by atoms with Crippen molar-refractivity contribution in [3.63, 3.8) is 0 Å². The fourth-order valence-electron chi connectivity index (χ4n) is 2.16. The molecule has 0 bridgehead atoms. The minimum absolute atomic E-state index is 0.674. The van der Waals surface area contributed by atoms with Gasteiger partial charge in [0.1, 0.15) is 0 Å². The van der Waals surface area contributed by atoms with Gasteiger partial charge in [-0.05, 0) is 61.3 Å². The third-order valence-electron chi connectivity index (χ3n) is 3.21. The zero-order valence-electron chi connectivity index (χ0n) is 9.78. The van der Waals surface area contributed by atoms with Crippen molar-refractivity contribution in [3.05, 3.63) is 21.8 Å². The van der Waals surface area contributed by atoms with Gasteiger partial charge in [0, 0.05) is 28.4 Å². The first-order valence-electron chi connectivity index (χ1n) is 5.54. The lowest BCUT2D eigenvalue weighted by atomic mass is 10.2. The minimum atomic E-state index is 0.674. The summed E-state index contributed by atoms with van der Waals surface area (Å²) in [6.07, 6.45) is 1.24. The molecule has 0 aromatic heterocycles. The van der Waals surface area contributed by atoms with Crippen LogP contribution in [-0.4, -0.2) is 38.1 Å². The van der Waals surface area contributed by atoms with Crippen molar-refractivity contribution in [2.75, 3.05) is 37.8 Å². The summed E-state index contributed by atoms with van der Waals surface area (Å²) in [5, 5.41) is 0. The zero-order valence-corrected chi connectivity index (χ0v) is 11.9. The van der Waals surface area contributed by atoms with E-state index in [1.807, 2.05) is 12.1 Å². The Bertz CT molecular complexity index is 379. The van der Waals surface area contributed by atoms with Gasteiger partial charge in [-0.2, -0.15) is 0 Å². The zero-order chi connectivity index (χ0) is 11.7. The molecule has 0 radical (unpaired) electrons. The van der Waals surface area contributed by atoms with Crippen molar-refractivity contribution in [2.24, 2.45) is 0 Å². The number of benzene rings is 1. The van der Waals surface area contributed by atoms with E-state index in [4.69, 9.17) is 5.73 Å². The highest BCUT2D eigenvalue weighted by molar-refractivity contribution is 14.1. The highest BCUT2D eigenvalue weighted by atomic mass is 127. The van der Waals surface area contributed by atoms with Crippen molar-refractivity contribution in [3.8, 4) is 0 Å². The average molecular weight is 331 g/mol. The summed E-state index contributed by atoms with van der Waals surface area (Å²) in [4.78, 5) is 4.76. The van der Waals surface area contributed by atoms with Gasteiger partial charge in [-0.25, -0.2) is 0 Å². The number of nitrogen functional groups attached to an aromatic ring is 1. The van der Waals surface area contributed by atoms with Crippen LogP contribution in [0, 0.1) is 3.57 Å². The first-order chi connectivity index (χ1) is 7.58. The first-order valence-corrected chi connectivity index (χ1v) is 6.62. The second kappa shape index (κ2) is 4.79. The summed E-state index contributed by atoms with van der Waals surface area (Å²) in [6.45, 7) is 2.26. The molecule has 1 aromatic carbocycles. The van der Waals surface area contributed by atoms with Crippen LogP contribution in [0.5, 0.6) is 0 Å². The molecule has 2 N–H and O–H groups in total. The number of anilines is 2. The number of hydrogen-bond acceptors (Lipinski definition) is 3. The lowest BCUT2D eigenvalue weighted by molar-refractivity contribution is 0.315. The van der Waals surface area contributed by atoms with E-state index in [0.717, 1.165) is 18.8 Å². The summed E-state index contributed by atoms with van der Waals surface area (Å²) >= 11 is 2.36. The van der Waals surface area contributed by atoms with E-state index >= 15 is 0 Å². The van der Waals surface area contributed by atoms with E-state index in [2.05, 4.69) is 52.6 Å². The summed E-state index contributed by atoms with van der Waals surface area (Å²) in [5.74, 6) is 0. The van der Waals surface area contributed by atoms with Crippen LogP contribution >= 0.6 is 22.6 Å². The molecule has 0 saturated carbocycles. The molecule has 1 aromatic rings. The molecule has 1 aliphatic rings. The van der Waals surface area contributed by atoms with Gasteiger partial charge >= 0.3 is 0 Å². The Morgan fingerprint density at radius 2 is 2.19 bits per heavy atom. The molecule has 1 saturated heterocycles. The molecule has 0 aliphatic carbocycles. The molecule has 2 rings (SSSR count). The number of nitrogens with two attached hydrogens (primary N) is 1. The van der Waals surface area contributed by atoms with E-state index in [1.165, 1.54) is 15.7 Å². The van der Waals surface area contributed by atoms with Crippen molar-refractivity contribution >= 4 is 34.0 Å². The molecule has 88 valence electrons. The summed E-state index contributed by atoms with van der Waals surface area (Å²) in [6, 6.07) is 6.84. The number of halogens is 1. The second-order valence-electron chi connectivity index (χ2n) is 4.56. The van der Waals surface area contributed by atoms with E-state index < -0.39 is 0 Å². The normalized spacial score (nSPS) is 20.8. The highest BCUT2D eigenvalue weighted by Crippen LogP contribution is 2.28. The molecule has 0 amide bonds. The first kappa shape index (κ1) is 12.0. The van der Waals surface area contributed by atoms with E-state index in [9.17, 15) is 0 Å². The maximum Gasteiger partial charge on any atom is 0.0503 e. The molecule has 16 heavy (non-hydrogen) atoms. The van der Waals surface area contributed by atoms with E-state index in [-0.39, 0.29) is 0 Å². The Hall–Kier alpha value is -0.490. The molecule has 1 fully saturated rings. The van der Waals surface area contributed by atoms with Crippen molar-refractivity contribution < 1.29 is 0 Å². The Balaban J connectivity index is 2.14. The number of nitrogens with zero attached hydrogens (tertiary/aromatic N) is 2. The number of likely N-dealkylation sites (N-methyl/N-ethyl adjacent to an activating group) is 1. The average Bonchev–Trinajstić information content (AvgIpc) is 2.66. The Morgan fingerprint density at radius 3 is 2.75 bits per heavy atom. The maximum atomic E-state index is 5.77. The van der Waals surface area contributed by atoms with Crippen molar-refractivity contribution in [1.29, 1.82) is 0 Å². The fraction of sp³-hybridized carbons (Fsp3) is 0.500. The Morgan fingerprint density at radius 1 is 1.44 bits per heavy atom. The second-order valence-corrected chi connectivity index (χ2v) is 5.73. The molecular weight excluding hydrogens is 313 g/mol. The van der Waals surface area contributed by atoms with Crippen LogP contribution in [0.15, 0.2) is 18.2 Å². The van der Waals surface area contributed by atoms with Gasteiger partial charge in [-0.1, -0.05) is 0 Å². The minimum Gasteiger partial charge on any atom is -0.399 e. The predicted molar refractivity (Wildman–Crippen MR) is 77.9 cm³/mol. The van der Waals surface area contributed by atoms with Gasteiger partial charge in [0.05, 0.1) is 5.69 Å². The van der Waals surface area contributed by atoms with Crippen molar-refractivity contribution in [2.45, 2.75) is 12.5 Å². The summed E-state index contributed by atoms with van der Waals surface area (Å²) < 4.78 is 1.25. The third kappa shape index (κ3) is 2.43. The molecule has 1 unspecified atom stereocenters. The summed E-state index contributed by atoms with van der Waals surface area (Å²) in [7, 11) is 4.31.